The first kappa shape index (κ1) is 13.6. The molecule has 0 rings (SSSR count). The van der Waals surface area contributed by atoms with Gasteiger partial charge in [0.05, 0.1) is 0 Å². The Hall–Kier alpha value is -0.420. The molecular formula is C8H12F6. The lowest BCUT2D eigenvalue weighted by Gasteiger charge is -2.28. The molecule has 0 nitrogen and oxygen atoms in total. The SMILES string of the molecule is CCC(CC)C(F)(F)C(F)C(F)(F)F. The van der Waals surface area contributed by atoms with Gasteiger partial charge >= 0.3 is 6.18 Å². The van der Waals surface area contributed by atoms with E-state index in [0.29, 0.717) is 0 Å². The number of hydrogen-bond acceptors (Lipinski definition) is 0. The Kier molecular flexibility index (Phi) is 4.27. The highest BCUT2D eigenvalue weighted by Crippen LogP contribution is 2.41. The Morgan fingerprint density at radius 1 is 0.929 bits per heavy atom. The Morgan fingerprint density at radius 3 is 1.50 bits per heavy atom. The van der Waals surface area contributed by atoms with E-state index in [-0.39, 0.29) is 12.8 Å². The van der Waals surface area contributed by atoms with Gasteiger partial charge in [-0.05, 0) is 12.8 Å². The summed E-state index contributed by atoms with van der Waals surface area (Å²) in [5.41, 5.74) is 0. The summed E-state index contributed by atoms with van der Waals surface area (Å²) in [4.78, 5) is 0. The average Bonchev–Trinajstić information content (AvgIpc) is 2.03. The maximum absolute atomic E-state index is 12.9. The molecule has 86 valence electrons. The van der Waals surface area contributed by atoms with E-state index in [9.17, 15) is 26.3 Å². The van der Waals surface area contributed by atoms with Crippen LogP contribution in [0.4, 0.5) is 26.3 Å². The molecular weight excluding hydrogens is 210 g/mol. The van der Waals surface area contributed by atoms with Crippen molar-refractivity contribution in [2.75, 3.05) is 0 Å². The lowest BCUT2D eigenvalue weighted by Crippen LogP contribution is -2.46. The maximum Gasteiger partial charge on any atom is 0.425 e. The van der Waals surface area contributed by atoms with Gasteiger partial charge in [0.2, 0.25) is 0 Å². The smallest absolute Gasteiger partial charge is 0.231 e. The zero-order chi connectivity index (χ0) is 11.6. The van der Waals surface area contributed by atoms with Crippen LogP contribution in [0.2, 0.25) is 0 Å². The fourth-order valence-electron chi connectivity index (χ4n) is 1.26. The van der Waals surface area contributed by atoms with Crippen molar-refractivity contribution in [2.24, 2.45) is 5.92 Å². The molecule has 0 fully saturated rings. The van der Waals surface area contributed by atoms with E-state index in [1.165, 1.54) is 13.8 Å². The van der Waals surface area contributed by atoms with Crippen LogP contribution in [-0.2, 0) is 0 Å². The summed E-state index contributed by atoms with van der Waals surface area (Å²) in [5, 5.41) is 0. The van der Waals surface area contributed by atoms with E-state index in [0.717, 1.165) is 0 Å². The van der Waals surface area contributed by atoms with Crippen molar-refractivity contribution in [3.05, 3.63) is 0 Å². The highest BCUT2D eigenvalue weighted by molar-refractivity contribution is 4.87. The highest BCUT2D eigenvalue weighted by Gasteiger charge is 2.59. The summed E-state index contributed by atoms with van der Waals surface area (Å²) in [6.45, 7) is 2.62. The predicted molar refractivity (Wildman–Crippen MR) is 40.0 cm³/mol. The second kappa shape index (κ2) is 4.40. The highest BCUT2D eigenvalue weighted by atomic mass is 19.4. The largest absolute Gasteiger partial charge is 0.425 e. The van der Waals surface area contributed by atoms with Crippen molar-refractivity contribution in [2.45, 2.75) is 45.0 Å². The maximum atomic E-state index is 12.9. The molecule has 0 saturated carbocycles. The quantitative estimate of drug-likeness (QED) is 0.631. The third-order valence-corrected chi connectivity index (χ3v) is 2.16. The normalized spacial score (nSPS) is 16.1. The second-order valence-corrected chi connectivity index (χ2v) is 3.09. The van der Waals surface area contributed by atoms with Crippen LogP contribution >= 0.6 is 0 Å². The van der Waals surface area contributed by atoms with Crippen LogP contribution in [0.15, 0.2) is 0 Å². The van der Waals surface area contributed by atoms with Gasteiger partial charge in [-0.2, -0.15) is 13.2 Å². The van der Waals surface area contributed by atoms with Gasteiger partial charge in [-0.1, -0.05) is 13.8 Å². The first-order chi connectivity index (χ1) is 6.17. The third-order valence-electron chi connectivity index (χ3n) is 2.16. The topological polar surface area (TPSA) is 0 Å². The van der Waals surface area contributed by atoms with Gasteiger partial charge in [-0.25, -0.2) is 13.2 Å². The summed E-state index contributed by atoms with van der Waals surface area (Å²) >= 11 is 0. The zero-order valence-corrected chi connectivity index (χ0v) is 7.84. The fourth-order valence-corrected chi connectivity index (χ4v) is 1.26. The Balaban J connectivity index is 4.75. The van der Waals surface area contributed by atoms with Crippen molar-refractivity contribution in [1.82, 2.24) is 0 Å². The van der Waals surface area contributed by atoms with Crippen molar-refractivity contribution < 1.29 is 26.3 Å². The molecule has 6 heteroatoms. The Bertz CT molecular complexity index is 169. The van der Waals surface area contributed by atoms with Crippen LogP contribution in [0.5, 0.6) is 0 Å². The molecule has 0 aromatic rings. The van der Waals surface area contributed by atoms with Gasteiger partial charge in [-0.15, -0.1) is 0 Å². The number of hydrogen-bond donors (Lipinski definition) is 0. The molecule has 1 atom stereocenters. The first-order valence-electron chi connectivity index (χ1n) is 4.26. The van der Waals surface area contributed by atoms with Gasteiger partial charge in [0.15, 0.2) is 0 Å². The van der Waals surface area contributed by atoms with Crippen LogP contribution in [-0.4, -0.2) is 18.3 Å². The van der Waals surface area contributed by atoms with Gasteiger partial charge in [0.25, 0.3) is 12.1 Å². The summed E-state index contributed by atoms with van der Waals surface area (Å²) < 4.78 is 73.4. The molecule has 0 aromatic carbocycles. The van der Waals surface area contributed by atoms with Crippen LogP contribution in [0.1, 0.15) is 26.7 Å². The third kappa shape index (κ3) is 2.78. The number of rotatable bonds is 4. The lowest BCUT2D eigenvalue weighted by atomic mass is 9.92. The van der Waals surface area contributed by atoms with Gasteiger partial charge in [-0.3, -0.25) is 0 Å². The van der Waals surface area contributed by atoms with Crippen molar-refractivity contribution in [3.63, 3.8) is 0 Å². The summed E-state index contributed by atoms with van der Waals surface area (Å²) in [6.07, 6.45) is -9.92. The van der Waals surface area contributed by atoms with Crippen molar-refractivity contribution in [1.29, 1.82) is 0 Å². The van der Waals surface area contributed by atoms with Crippen LogP contribution in [0, 0.1) is 5.92 Å². The minimum Gasteiger partial charge on any atom is -0.231 e. The van der Waals surface area contributed by atoms with Gasteiger partial charge in [0.1, 0.15) is 0 Å². The zero-order valence-electron chi connectivity index (χ0n) is 7.84. The van der Waals surface area contributed by atoms with E-state index in [1.54, 1.807) is 0 Å². The molecule has 1 unspecified atom stereocenters. The molecule has 0 saturated heterocycles. The molecule has 0 aliphatic carbocycles. The van der Waals surface area contributed by atoms with E-state index >= 15 is 0 Å². The number of halogens is 6. The van der Waals surface area contributed by atoms with Crippen molar-refractivity contribution >= 4 is 0 Å². The molecule has 0 amide bonds. The molecule has 0 spiro atoms. The van der Waals surface area contributed by atoms with Crippen LogP contribution in [0.25, 0.3) is 0 Å². The summed E-state index contributed by atoms with van der Waals surface area (Å²) in [6, 6.07) is 0. The predicted octanol–water partition coefficient (Wildman–Crippen LogP) is 3.96. The number of alkyl halides is 6. The molecule has 0 radical (unpaired) electrons. The van der Waals surface area contributed by atoms with Crippen molar-refractivity contribution in [3.8, 4) is 0 Å². The van der Waals surface area contributed by atoms with E-state index < -0.39 is 24.2 Å². The minimum atomic E-state index is -5.49. The summed E-state index contributed by atoms with van der Waals surface area (Å²) in [5.74, 6) is -5.90. The lowest BCUT2D eigenvalue weighted by molar-refractivity contribution is -0.258. The van der Waals surface area contributed by atoms with Gasteiger partial charge in [0, 0.05) is 5.92 Å². The first-order valence-corrected chi connectivity index (χ1v) is 4.26. The fraction of sp³-hybridized carbons (Fsp3) is 1.00. The monoisotopic (exact) mass is 222 g/mol. The Morgan fingerprint density at radius 2 is 1.29 bits per heavy atom. The molecule has 0 aromatic heterocycles. The molecule has 14 heavy (non-hydrogen) atoms. The molecule has 0 bridgehead atoms. The molecule has 0 heterocycles. The molecule has 0 N–H and O–H groups in total. The van der Waals surface area contributed by atoms with Gasteiger partial charge < -0.3 is 0 Å². The van der Waals surface area contributed by atoms with E-state index in [4.69, 9.17) is 0 Å². The molecule has 0 aliphatic rings. The molecule has 0 aliphatic heterocycles. The Labute approximate surface area is 78.3 Å². The standard InChI is InChI=1S/C8H12F6/c1-3-5(4-2)7(10,11)6(9)8(12,13)14/h5-6H,3-4H2,1-2H3. The summed E-state index contributed by atoms with van der Waals surface area (Å²) in [7, 11) is 0. The van der Waals surface area contributed by atoms with E-state index in [1.807, 2.05) is 0 Å². The average molecular weight is 222 g/mol. The minimum absolute atomic E-state index is 0.181. The van der Waals surface area contributed by atoms with Crippen LogP contribution in [0.3, 0.4) is 0 Å². The second-order valence-electron chi connectivity index (χ2n) is 3.09. The van der Waals surface area contributed by atoms with Crippen LogP contribution < -0.4 is 0 Å². The van der Waals surface area contributed by atoms with E-state index in [2.05, 4.69) is 0 Å².